The average molecular weight is 389 g/mol. The molecule has 1 fully saturated rings. The lowest BCUT2D eigenvalue weighted by Crippen LogP contribution is -2.36. The third-order valence-electron chi connectivity index (χ3n) is 4.18. The highest BCUT2D eigenvalue weighted by atomic mass is 32.2. The topological polar surface area (TPSA) is 64.6 Å². The van der Waals surface area contributed by atoms with E-state index in [1.54, 1.807) is 36.4 Å². The van der Waals surface area contributed by atoms with Crippen LogP contribution < -0.4 is 4.72 Å². The molecule has 1 aliphatic heterocycles. The maximum absolute atomic E-state index is 14.1. The SMILES string of the molecule is Cc1ccc(C(=O)OC[C@H]2SN[C@@H](F)[C@@H]2OC(=O)c2ccc(C)cc2)cc1. The second kappa shape index (κ2) is 8.54. The second-order valence-electron chi connectivity index (χ2n) is 6.38. The Morgan fingerprint density at radius 3 is 2.04 bits per heavy atom. The minimum Gasteiger partial charge on any atom is -0.461 e. The van der Waals surface area contributed by atoms with E-state index in [4.69, 9.17) is 9.47 Å². The molecule has 5 nitrogen and oxygen atoms in total. The predicted molar refractivity (Wildman–Crippen MR) is 101 cm³/mol. The molecule has 1 heterocycles. The van der Waals surface area contributed by atoms with Crippen LogP contribution >= 0.6 is 11.9 Å². The monoisotopic (exact) mass is 389 g/mol. The summed E-state index contributed by atoms with van der Waals surface area (Å²) >= 11 is 1.06. The van der Waals surface area contributed by atoms with Crippen molar-refractivity contribution in [2.45, 2.75) is 31.5 Å². The van der Waals surface area contributed by atoms with Crippen molar-refractivity contribution in [3.8, 4) is 0 Å². The fourth-order valence-corrected chi connectivity index (χ4v) is 3.45. The third-order valence-corrected chi connectivity index (χ3v) is 5.25. The Bertz CT molecular complexity index is 810. The van der Waals surface area contributed by atoms with Gasteiger partial charge in [-0.15, -0.1) is 0 Å². The van der Waals surface area contributed by atoms with E-state index >= 15 is 0 Å². The Morgan fingerprint density at radius 2 is 1.48 bits per heavy atom. The zero-order valence-electron chi connectivity index (χ0n) is 15.0. The normalized spacial score (nSPS) is 21.7. The van der Waals surface area contributed by atoms with Gasteiger partial charge >= 0.3 is 11.9 Å². The quantitative estimate of drug-likeness (QED) is 0.479. The lowest BCUT2D eigenvalue weighted by molar-refractivity contribution is 0.000541. The van der Waals surface area contributed by atoms with Crippen LogP contribution in [0, 0.1) is 13.8 Å². The molecular formula is C20H20FNO4S. The molecule has 0 aliphatic carbocycles. The van der Waals surface area contributed by atoms with Crippen LogP contribution in [0.1, 0.15) is 31.8 Å². The first-order chi connectivity index (χ1) is 12.9. The van der Waals surface area contributed by atoms with E-state index in [9.17, 15) is 14.0 Å². The van der Waals surface area contributed by atoms with Gasteiger partial charge in [0.15, 0.2) is 12.4 Å². The van der Waals surface area contributed by atoms with E-state index in [-0.39, 0.29) is 6.61 Å². The minimum atomic E-state index is -1.53. The maximum Gasteiger partial charge on any atom is 0.338 e. The van der Waals surface area contributed by atoms with Crippen LogP contribution in [0.3, 0.4) is 0 Å². The van der Waals surface area contributed by atoms with Crippen LogP contribution in [0.4, 0.5) is 4.39 Å². The lowest BCUT2D eigenvalue weighted by atomic mass is 10.1. The Balaban J connectivity index is 1.59. The molecule has 0 radical (unpaired) electrons. The zero-order valence-corrected chi connectivity index (χ0v) is 15.8. The van der Waals surface area contributed by atoms with Gasteiger partial charge in [-0.25, -0.2) is 18.7 Å². The number of benzene rings is 2. The number of carbonyl (C=O) groups is 2. The number of halogens is 1. The highest BCUT2D eigenvalue weighted by molar-refractivity contribution is 7.98. The number of esters is 2. The van der Waals surface area contributed by atoms with Crippen LogP contribution in [0.25, 0.3) is 0 Å². The smallest absolute Gasteiger partial charge is 0.338 e. The van der Waals surface area contributed by atoms with Crippen molar-refractivity contribution in [3.05, 3.63) is 70.8 Å². The van der Waals surface area contributed by atoms with E-state index in [0.29, 0.717) is 11.1 Å². The largest absolute Gasteiger partial charge is 0.461 e. The summed E-state index contributed by atoms with van der Waals surface area (Å²) in [6.07, 6.45) is -2.58. The van der Waals surface area contributed by atoms with E-state index in [1.165, 1.54) is 0 Å². The third kappa shape index (κ3) is 4.87. The molecule has 142 valence electrons. The highest BCUT2D eigenvalue weighted by Gasteiger charge is 2.41. The summed E-state index contributed by atoms with van der Waals surface area (Å²) in [5, 5.41) is -0.538. The summed E-state index contributed by atoms with van der Waals surface area (Å²) in [4.78, 5) is 24.4. The van der Waals surface area contributed by atoms with Crippen molar-refractivity contribution in [2.24, 2.45) is 0 Å². The van der Waals surface area contributed by atoms with Crippen molar-refractivity contribution < 1.29 is 23.5 Å². The molecule has 0 aromatic heterocycles. The van der Waals surface area contributed by atoms with Gasteiger partial charge in [0.25, 0.3) is 0 Å². The molecule has 1 saturated heterocycles. The number of hydrogen-bond acceptors (Lipinski definition) is 6. The second-order valence-corrected chi connectivity index (χ2v) is 7.45. The average Bonchev–Trinajstić information content (AvgIpc) is 3.00. The Kier molecular flexibility index (Phi) is 6.13. The lowest BCUT2D eigenvalue weighted by Gasteiger charge is -2.19. The summed E-state index contributed by atoms with van der Waals surface area (Å²) in [6, 6.07) is 13.8. The Morgan fingerprint density at radius 1 is 0.963 bits per heavy atom. The summed E-state index contributed by atoms with van der Waals surface area (Å²) < 4.78 is 27.3. The molecule has 0 unspecified atom stereocenters. The Hall–Kier alpha value is -2.38. The molecule has 1 N–H and O–H groups in total. The van der Waals surface area contributed by atoms with Crippen molar-refractivity contribution >= 4 is 23.9 Å². The van der Waals surface area contributed by atoms with Crippen molar-refractivity contribution in [3.63, 3.8) is 0 Å². The number of aryl methyl sites for hydroxylation is 2. The summed E-state index contributed by atoms with van der Waals surface area (Å²) in [5.41, 5.74) is 2.81. The van der Waals surface area contributed by atoms with Gasteiger partial charge in [0.05, 0.1) is 16.4 Å². The van der Waals surface area contributed by atoms with Crippen LogP contribution in [-0.2, 0) is 9.47 Å². The van der Waals surface area contributed by atoms with Crippen LogP contribution in [0.15, 0.2) is 48.5 Å². The van der Waals surface area contributed by atoms with Crippen molar-refractivity contribution in [1.82, 2.24) is 4.72 Å². The summed E-state index contributed by atoms with van der Waals surface area (Å²) in [7, 11) is 0. The molecule has 0 bridgehead atoms. The minimum absolute atomic E-state index is 0.0728. The van der Waals surface area contributed by atoms with Crippen molar-refractivity contribution in [1.29, 1.82) is 0 Å². The first kappa shape index (κ1) is 19.4. The maximum atomic E-state index is 14.1. The number of rotatable bonds is 5. The highest BCUT2D eigenvalue weighted by Crippen LogP contribution is 2.28. The first-order valence-electron chi connectivity index (χ1n) is 8.51. The molecule has 1 aliphatic rings. The van der Waals surface area contributed by atoms with Crippen LogP contribution in [0.5, 0.6) is 0 Å². The standard InChI is InChI=1S/C20H20FNO4S/c1-12-3-7-14(8-4-12)19(23)25-11-16-17(18(21)22-27-16)26-20(24)15-9-5-13(2)6-10-15/h3-10,16-18,22H,11H2,1-2H3/t16-,17-,18-/m1/s1. The number of carbonyl (C=O) groups excluding carboxylic acids is 2. The summed E-state index contributed by atoms with van der Waals surface area (Å²) in [5.74, 6) is -1.11. The molecular weight excluding hydrogens is 369 g/mol. The van der Waals surface area contributed by atoms with Gasteiger partial charge in [-0.05, 0) is 38.1 Å². The number of alkyl halides is 1. The van der Waals surface area contributed by atoms with E-state index < -0.39 is 29.6 Å². The Labute approximate surface area is 161 Å². The van der Waals surface area contributed by atoms with E-state index in [2.05, 4.69) is 4.72 Å². The first-order valence-corrected chi connectivity index (χ1v) is 9.38. The zero-order chi connectivity index (χ0) is 19.4. The molecule has 0 saturated carbocycles. The van der Waals surface area contributed by atoms with Gasteiger partial charge in [0.1, 0.15) is 6.61 Å². The van der Waals surface area contributed by atoms with Crippen molar-refractivity contribution in [2.75, 3.05) is 6.61 Å². The molecule has 3 rings (SSSR count). The molecule has 27 heavy (non-hydrogen) atoms. The fourth-order valence-electron chi connectivity index (χ4n) is 2.55. The predicted octanol–water partition coefficient (Wildman–Crippen LogP) is 3.60. The van der Waals surface area contributed by atoms with Gasteiger partial charge < -0.3 is 9.47 Å². The molecule has 2 aromatic rings. The van der Waals surface area contributed by atoms with E-state index in [1.807, 2.05) is 26.0 Å². The molecule has 0 amide bonds. The molecule has 0 spiro atoms. The molecule has 7 heteroatoms. The number of ether oxygens (including phenoxy) is 2. The van der Waals surface area contributed by atoms with E-state index in [0.717, 1.165) is 23.1 Å². The van der Waals surface area contributed by atoms with Gasteiger partial charge in [-0.2, -0.15) is 0 Å². The van der Waals surface area contributed by atoms with Gasteiger partial charge in [-0.3, -0.25) is 0 Å². The molecule has 2 aromatic carbocycles. The summed E-state index contributed by atoms with van der Waals surface area (Å²) in [6.45, 7) is 3.75. The number of nitrogens with one attached hydrogen (secondary N) is 1. The van der Waals surface area contributed by atoms with Crippen LogP contribution in [-0.4, -0.2) is 36.2 Å². The van der Waals surface area contributed by atoms with Crippen LogP contribution in [0.2, 0.25) is 0 Å². The van der Waals surface area contributed by atoms with Gasteiger partial charge in [0, 0.05) is 0 Å². The van der Waals surface area contributed by atoms with Gasteiger partial charge in [-0.1, -0.05) is 47.3 Å². The fraction of sp³-hybridized carbons (Fsp3) is 0.300. The number of hydrogen-bond donors (Lipinski definition) is 1. The molecule has 3 atom stereocenters. The van der Waals surface area contributed by atoms with Gasteiger partial charge in [0.2, 0.25) is 0 Å².